The first-order valence-electron chi connectivity index (χ1n) is 4.47. The summed E-state index contributed by atoms with van der Waals surface area (Å²) < 4.78 is 0. The van der Waals surface area contributed by atoms with Crippen LogP contribution in [0.15, 0.2) is 36.7 Å². The van der Waals surface area contributed by atoms with Crippen LogP contribution in [0.5, 0.6) is 0 Å². The third-order valence-corrected chi connectivity index (χ3v) is 2.27. The number of hydrogen-bond donors (Lipinski definition) is 1. The zero-order valence-corrected chi connectivity index (χ0v) is 8.65. The molecule has 0 aliphatic rings. The molecule has 0 aliphatic heterocycles. The maximum atomic E-state index is 8.90. The summed E-state index contributed by atoms with van der Waals surface area (Å²) in [5.74, 6) is 0. The van der Waals surface area contributed by atoms with Crippen molar-refractivity contribution in [2.24, 2.45) is 0 Å². The maximum absolute atomic E-state index is 8.90. The van der Waals surface area contributed by atoms with Crippen LogP contribution >= 0.6 is 11.6 Å². The van der Waals surface area contributed by atoms with E-state index in [2.05, 4.69) is 9.97 Å². The second kappa shape index (κ2) is 4.38. The molecule has 2 aromatic rings. The van der Waals surface area contributed by atoms with Crippen molar-refractivity contribution < 1.29 is 5.11 Å². The second-order valence-electron chi connectivity index (χ2n) is 3.08. The van der Waals surface area contributed by atoms with Crippen LogP contribution in [0.1, 0.15) is 5.56 Å². The van der Waals surface area contributed by atoms with E-state index in [9.17, 15) is 0 Å². The average molecular weight is 221 g/mol. The first-order chi connectivity index (χ1) is 7.29. The van der Waals surface area contributed by atoms with Gasteiger partial charge in [-0.1, -0.05) is 35.9 Å². The fourth-order valence-electron chi connectivity index (χ4n) is 1.27. The summed E-state index contributed by atoms with van der Waals surface area (Å²) in [6.45, 7) is 0.0464. The Morgan fingerprint density at radius 1 is 1.13 bits per heavy atom. The monoisotopic (exact) mass is 220 g/mol. The van der Waals surface area contributed by atoms with Gasteiger partial charge in [-0.25, -0.2) is 9.97 Å². The normalized spacial score (nSPS) is 10.3. The van der Waals surface area contributed by atoms with Gasteiger partial charge in [-0.2, -0.15) is 0 Å². The summed E-state index contributed by atoms with van der Waals surface area (Å²) in [6.07, 6.45) is 1.43. The Balaban J connectivity index is 2.37. The highest BCUT2D eigenvalue weighted by Gasteiger charge is 2.00. The van der Waals surface area contributed by atoms with E-state index >= 15 is 0 Å². The number of nitrogens with zero attached hydrogens (tertiary/aromatic N) is 2. The van der Waals surface area contributed by atoms with E-state index in [1.807, 2.05) is 24.3 Å². The maximum Gasteiger partial charge on any atom is 0.133 e. The van der Waals surface area contributed by atoms with Gasteiger partial charge in [0.2, 0.25) is 0 Å². The van der Waals surface area contributed by atoms with Gasteiger partial charge >= 0.3 is 0 Å². The number of rotatable bonds is 2. The Kier molecular flexibility index (Phi) is 2.94. The topological polar surface area (TPSA) is 46.0 Å². The first kappa shape index (κ1) is 10.1. The zero-order chi connectivity index (χ0) is 10.7. The van der Waals surface area contributed by atoms with Gasteiger partial charge in [0.05, 0.1) is 12.3 Å². The third-order valence-electron chi connectivity index (χ3n) is 2.07. The van der Waals surface area contributed by atoms with Gasteiger partial charge in [0.15, 0.2) is 0 Å². The van der Waals surface area contributed by atoms with Gasteiger partial charge in [-0.05, 0) is 5.56 Å². The van der Waals surface area contributed by atoms with Crippen LogP contribution in [-0.2, 0) is 6.61 Å². The highest BCUT2D eigenvalue weighted by Crippen LogP contribution is 2.19. The second-order valence-corrected chi connectivity index (χ2v) is 3.47. The lowest BCUT2D eigenvalue weighted by atomic mass is 10.1. The molecule has 0 amide bonds. The van der Waals surface area contributed by atoms with E-state index in [0.717, 1.165) is 16.8 Å². The van der Waals surface area contributed by atoms with Crippen LogP contribution in [0, 0.1) is 0 Å². The van der Waals surface area contributed by atoms with Gasteiger partial charge < -0.3 is 5.11 Å². The van der Waals surface area contributed by atoms with E-state index in [1.165, 1.54) is 6.33 Å². The molecule has 0 fully saturated rings. The highest BCUT2D eigenvalue weighted by atomic mass is 35.5. The minimum absolute atomic E-state index is 0.0464. The number of aromatic nitrogens is 2. The molecule has 76 valence electrons. The minimum atomic E-state index is 0.0464. The van der Waals surface area contributed by atoms with E-state index in [1.54, 1.807) is 6.07 Å². The van der Waals surface area contributed by atoms with E-state index < -0.39 is 0 Å². The van der Waals surface area contributed by atoms with Gasteiger partial charge in [-0.15, -0.1) is 0 Å². The summed E-state index contributed by atoms with van der Waals surface area (Å²) in [7, 11) is 0. The molecule has 3 nitrogen and oxygen atoms in total. The molecule has 0 saturated carbocycles. The number of hydrogen-bond acceptors (Lipinski definition) is 3. The molecule has 1 aromatic heterocycles. The third kappa shape index (κ3) is 2.32. The molecule has 0 atom stereocenters. The first-order valence-corrected chi connectivity index (χ1v) is 4.85. The molecule has 0 saturated heterocycles. The molecule has 0 bridgehead atoms. The summed E-state index contributed by atoms with van der Waals surface area (Å²) >= 11 is 5.76. The molecule has 0 spiro atoms. The van der Waals surface area contributed by atoms with Crippen molar-refractivity contribution in [3.63, 3.8) is 0 Å². The molecule has 0 aliphatic carbocycles. The fourth-order valence-corrected chi connectivity index (χ4v) is 1.42. The van der Waals surface area contributed by atoms with Crippen molar-refractivity contribution in [2.45, 2.75) is 6.61 Å². The van der Waals surface area contributed by atoms with Gasteiger partial charge in [0.1, 0.15) is 11.5 Å². The van der Waals surface area contributed by atoms with Crippen molar-refractivity contribution in [3.8, 4) is 11.3 Å². The quantitative estimate of drug-likeness (QED) is 0.790. The summed E-state index contributed by atoms with van der Waals surface area (Å²) in [6, 6.07) is 9.20. The molecule has 0 unspecified atom stereocenters. The van der Waals surface area contributed by atoms with Crippen molar-refractivity contribution in [1.29, 1.82) is 0 Å². The number of halogens is 1. The molecular weight excluding hydrogens is 212 g/mol. The van der Waals surface area contributed by atoms with Gasteiger partial charge in [-0.3, -0.25) is 0 Å². The summed E-state index contributed by atoms with van der Waals surface area (Å²) in [4.78, 5) is 7.92. The number of benzene rings is 1. The Labute approximate surface area is 92.4 Å². The number of aliphatic hydroxyl groups excluding tert-OH is 1. The van der Waals surface area contributed by atoms with Crippen LogP contribution in [-0.4, -0.2) is 15.1 Å². The largest absolute Gasteiger partial charge is 0.392 e. The van der Waals surface area contributed by atoms with Gasteiger partial charge in [0, 0.05) is 11.6 Å². The Bertz CT molecular complexity index is 456. The average Bonchev–Trinajstić information content (AvgIpc) is 2.29. The smallest absolute Gasteiger partial charge is 0.133 e. The fraction of sp³-hybridized carbons (Fsp3) is 0.0909. The lowest BCUT2D eigenvalue weighted by Crippen LogP contribution is -1.87. The van der Waals surface area contributed by atoms with Crippen LogP contribution < -0.4 is 0 Å². The predicted octanol–water partition coefficient (Wildman–Crippen LogP) is 2.29. The van der Waals surface area contributed by atoms with Crippen molar-refractivity contribution >= 4 is 11.6 Å². The van der Waals surface area contributed by atoms with Crippen molar-refractivity contribution in [3.05, 3.63) is 47.4 Å². The Morgan fingerprint density at radius 2 is 1.87 bits per heavy atom. The van der Waals surface area contributed by atoms with E-state index in [4.69, 9.17) is 16.7 Å². The standard InChI is InChI=1S/C11H9ClN2O/c12-11-5-10(13-7-14-11)9-3-1-8(6-15)2-4-9/h1-5,7,15H,6H2. The molecule has 4 heteroatoms. The molecule has 2 rings (SSSR count). The van der Waals surface area contributed by atoms with Crippen molar-refractivity contribution in [1.82, 2.24) is 9.97 Å². The highest BCUT2D eigenvalue weighted by molar-refractivity contribution is 6.29. The molecule has 1 N–H and O–H groups in total. The molecule has 1 heterocycles. The van der Waals surface area contributed by atoms with Gasteiger partial charge in [0.25, 0.3) is 0 Å². The minimum Gasteiger partial charge on any atom is -0.392 e. The summed E-state index contributed by atoms with van der Waals surface area (Å²) in [5, 5.41) is 9.32. The lowest BCUT2D eigenvalue weighted by molar-refractivity contribution is 0.282. The Hall–Kier alpha value is -1.45. The lowest BCUT2D eigenvalue weighted by Gasteiger charge is -2.01. The Morgan fingerprint density at radius 3 is 2.47 bits per heavy atom. The van der Waals surface area contributed by atoms with Crippen molar-refractivity contribution in [2.75, 3.05) is 0 Å². The summed E-state index contributed by atoms with van der Waals surface area (Å²) in [5.41, 5.74) is 2.61. The van der Waals surface area contributed by atoms with E-state index in [-0.39, 0.29) is 6.61 Å². The van der Waals surface area contributed by atoms with Crippen LogP contribution in [0.2, 0.25) is 5.15 Å². The molecule has 15 heavy (non-hydrogen) atoms. The number of aliphatic hydroxyl groups is 1. The molecular formula is C11H9ClN2O. The van der Waals surface area contributed by atoms with Crippen LogP contribution in [0.3, 0.4) is 0 Å². The molecule has 1 aromatic carbocycles. The SMILES string of the molecule is OCc1ccc(-c2cc(Cl)ncn2)cc1. The van der Waals surface area contributed by atoms with Crippen LogP contribution in [0.25, 0.3) is 11.3 Å². The van der Waals surface area contributed by atoms with Crippen LogP contribution in [0.4, 0.5) is 0 Å². The van der Waals surface area contributed by atoms with E-state index in [0.29, 0.717) is 5.15 Å². The predicted molar refractivity (Wildman–Crippen MR) is 58.4 cm³/mol. The molecule has 0 radical (unpaired) electrons. The zero-order valence-electron chi connectivity index (χ0n) is 7.89.